The van der Waals surface area contributed by atoms with Gasteiger partial charge in [0, 0.05) is 25.6 Å². The van der Waals surface area contributed by atoms with Gasteiger partial charge in [-0.05, 0) is 26.2 Å². The van der Waals surface area contributed by atoms with E-state index in [9.17, 15) is 14.4 Å². The van der Waals surface area contributed by atoms with E-state index in [0.29, 0.717) is 39.0 Å². The standard InChI is InChI=1S/C14H24N4O4/c1-2-22-9-6-11(13(16)20)18(7-9)10(12(15)19)5-8-3-4-17-14(8)21/h8-11H,2-7H2,1H3,(H2,15,19)(H2,16,20)(H,17,21)/t8-,9?,10-,11?/m0/s1. The van der Waals surface area contributed by atoms with Gasteiger partial charge in [-0.1, -0.05) is 0 Å². The Hall–Kier alpha value is -1.67. The molecule has 0 aromatic rings. The Morgan fingerprint density at radius 1 is 1.45 bits per heavy atom. The first kappa shape index (κ1) is 16.7. The van der Waals surface area contributed by atoms with Crippen molar-refractivity contribution in [3.8, 4) is 0 Å². The lowest BCUT2D eigenvalue weighted by Crippen LogP contribution is -2.52. The van der Waals surface area contributed by atoms with Gasteiger partial charge < -0.3 is 21.5 Å². The molecule has 8 heteroatoms. The van der Waals surface area contributed by atoms with E-state index in [4.69, 9.17) is 16.2 Å². The zero-order chi connectivity index (χ0) is 16.3. The summed E-state index contributed by atoms with van der Waals surface area (Å²) >= 11 is 0. The topological polar surface area (TPSA) is 128 Å². The molecule has 0 aromatic heterocycles. The van der Waals surface area contributed by atoms with Gasteiger partial charge >= 0.3 is 0 Å². The van der Waals surface area contributed by atoms with Gasteiger partial charge in [-0.3, -0.25) is 19.3 Å². The number of ether oxygens (including phenoxy) is 1. The van der Waals surface area contributed by atoms with E-state index in [-0.39, 0.29) is 17.9 Å². The minimum absolute atomic E-state index is 0.0672. The van der Waals surface area contributed by atoms with Crippen LogP contribution in [-0.2, 0) is 19.1 Å². The fourth-order valence-electron chi connectivity index (χ4n) is 3.36. The van der Waals surface area contributed by atoms with Gasteiger partial charge in [0.25, 0.3) is 0 Å². The zero-order valence-electron chi connectivity index (χ0n) is 12.8. The SMILES string of the molecule is CCOC1CC(C(N)=O)N([C@@H](C[C@@H]2CCNC2=O)C(N)=O)C1. The molecule has 2 unspecified atom stereocenters. The molecule has 0 aliphatic carbocycles. The molecule has 2 heterocycles. The Labute approximate surface area is 129 Å². The zero-order valence-corrected chi connectivity index (χ0v) is 12.8. The second kappa shape index (κ2) is 7.06. The molecular weight excluding hydrogens is 288 g/mol. The first-order valence-corrected chi connectivity index (χ1v) is 7.67. The fraction of sp³-hybridized carbons (Fsp3) is 0.786. The van der Waals surface area contributed by atoms with Gasteiger partial charge in [0.15, 0.2) is 0 Å². The van der Waals surface area contributed by atoms with Crippen LogP contribution in [-0.4, -0.2) is 60.5 Å². The van der Waals surface area contributed by atoms with Gasteiger partial charge in [-0.2, -0.15) is 0 Å². The van der Waals surface area contributed by atoms with Crippen LogP contribution >= 0.6 is 0 Å². The lowest BCUT2D eigenvalue weighted by Gasteiger charge is -2.30. The van der Waals surface area contributed by atoms with E-state index in [0.717, 1.165) is 0 Å². The number of hydrogen-bond acceptors (Lipinski definition) is 5. The highest BCUT2D eigenvalue weighted by molar-refractivity contribution is 5.85. The maximum absolute atomic E-state index is 11.9. The van der Waals surface area contributed by atoms with Crippen LogP contribution in [0.2, 0.25) is 0 Å². The normalized spacial score (nSPS) is 30.2. The van der Waals surface area contributed by atoms with Crippen LogP contribution in [0.4, 0.5) is 0 Å². The van der Waals surface area contributed by atoms with Crippen molar-refractivity contribution in [2.24, 2.45) is 17.4 Å². The summed E-state index contributed by atoms with van der Waals surface area (Å²) in [6, 6.07) is -1.27. The maximum atomic E-state index is 11.9. The Morgan fingerprint density at radius 2 is 2.18 bits per heavy atom. The quantitative estimate of drug-likeness (QED) is 0.518. The molecule has 0 spiro atoms. The Kier molecular flexibility index (Phi) is 5.36. The van der Waals surface area contributed by atoms with Crippen molar-refractivity contribution in [3.05, 3.63) is 0 Å². The highest BCUT2D eigenvalue weighted by Crippen LogP contribution is 2.27. The second-order valence-corrected chi connectivity index (χ2v) is 5.86. The molecule has 2 rings (SSSR count). The predicted octanol–water partition coefficient (Wildman–Crippen LogP) is -1.67. The van der Waals surface area contributed by atoms with Crippen molar-refractivity contribution >= 4 is 17.7 Å². The number of nitrogens with zero attached hydrogens (tertiary/aromatic N) is 1. The molecular formula is C14H24N4O4. The molecule has 22 heavy (non-hydrogen) atoms. The first-order chi connectivity index (χ1) is 10.4. The van der Waals surface area contributed by atoms with Crippen molar-refractivity contribution in [3.63, 3.8) is 0 Å². The fourth-order valence-corrected chi connectivity index (χ4v) is 3.36. The average Bonchev–Trinajstić information content (AvgIpc) is 3.03. The van der Waals surface area contributed by atoms with Crippen molar-refractivity contribution in [2.45, 2.75) is 44.4 Å². The molecule has 2 fully saturated rings. The molecule has 5 N–H and O–H groups in total. The second-order valence-electron chi connectivity index (χ2n) is 5.86. The van der Waals surface area contributed by atoms with Crippen molar-refractivity contribution in [1.82, 2.24) is 10.2 Å². The van der Waals surface area contributed by atoms with Gasteiger partial charge in [0.05, 0.1) is 18.2 Å². The van der Waals surface area contributed by atoms with E-state index >= 15 is 0 Å². The summed E-state index contributed by atoms with van der Waals surface area (Å²) in [5.41, 5.74) is 11.0. The molecule has 124 valence electrons. The van der Waals surface area contributed by atoms with Crippen LogP contribution in [0.3, 0.4) is 0 Å². The number of likely N-dealkylation sites (tertiary alicyclic amines) is 1. The van der Waals surface area contributed by atoms with Gasteiger partial charge in [-0.15, -0.1) is 0 Å². The summed E-state index contributed by atoms with van der Waals surface area (Å²) < 4.78 is 5.55. The van der Waals surface area contributed by atoms with Crippen LogP contribution in [0.15, 0.2) is 0 Å². The Balaban J connectivity index is 2.12. The van der Waals surface area contributed by atoms with E-state index in [2.05, 4.69) is 5.32 Å². The number of primary amides is 2. The minimum Gasteiger partial charge on any atom is -0.377 e. The monoisotopic (exact) mass is 312 g/mol. The third kappa shape index (κ3) is 3.56. The van der Waals surface area contributed by atoms with Crippen LogP contribution in [0.5, 0.6) is 0 Å². The summed E-state index contributed by atoms with van der Waals surface area (Å²) in [6.07, 6.45) is 1.28. The molecule has 2 saturated heterocycles. The molecule has 8 nitrogen and oxygen atoms in total. The molecule has 0 radical (unpaired) electrons. The van der Waals surface area contributed by atoms with Crippen LogP contribution < -0.4 is 16.8 Å². The molecule has 3 amide bonds. The highest BCUT2D eigenvalue weighted by atomic mass is 16.5. The number of rotatable bonds is 7. The van der Waals surface area contributed by atoms with E-state index in [1.807, 2.05) is 6.92 Å². The number of amides is 3. The first-order valence-electron chi connectivity index (χ1n) is 7.67. The summed E-state index contributed by atoms with van der Waals surface area (Å²) in [5.74, 6) is -1.35. The number of hydrogen-bond donors (Lipinski definition) is 3. The number of carbonyl (C=O) groups excluding carboxylic acids is 3. The van der Waals surface area contributed by atoms with Crippen LogP contribution in [0, 0.1) is 5.92 Å². The van der Waals surface area contributed by atoms with Crippen LogP contribution in [0.25, 0.3) is 0 Å². The van der Waals surface area contributed by atoms with E-state index in [1.54, 1.807) is 4.90 Å². The summed E-state index contributed by atoms with van der Waals surface area (Å²) in [7, 11) is 0. The third-order valence-corrected chi connectivity index (χ3v) is 4.43. The third-order valence-electron chi connectivity index (χ3n) is 4.43. The van der Waals surface area contributed by atoms with Crippen molar-refractivity contribution in [1.29, 1.82) is 0 Å². The minimum atomic E-state index is -0.684. The molecule has 0 aromatic carbocycles. The van der Waals surface area contributed by atoms with Crippen LogP contribution in [0.1, 0.15) is 26.2 Å². The number of nitrogens with two attached hydrogens (primary N) is 2. The van der Waals surface area contributed by atoms with Gasteiger partial charge in [0.2, 0.25) is 17.7 Å². The number of carbonyl (C=O) groups is 3. The highest BCUT2D eigenvalue weighted by Gasteiger charge is 2.43. The van der Waals surface area contributed by atoms with Gasteiger partial charge in [-0.25, -0.2) is 0 Å². The molecule has 0 saturated carbocycles. The number of nitrogens with one attached hydrogen (secondary N) is 1. The van der Waals surface area contributed by atoms with E-state index < -0.39 is 23.9 Å². The molecule has 2 aliphatic rings. The molecule has 4 atom stereocenters. The lowest BCUT2D eigenvalue weighted by atomic mass is 9.96. The maximum Gasteiger partial charge on any atom is 0.234 e. The van der Waals surface area contributed by atoms with Crippen molar-refractivity contribution in [2.75, 3.05) is 19.7 Å². The summed E-state index contributed by atoms with van der Waals surface area (Å²) in [4.78, 5) is 37.0. The molecule has 0 bridgehead atoms. The molecule has 2 aliphatic heterocycles. The van der Waals surface area contributed by atoms with Crippen molar-refractivity contribution < 1.29 is 19.1 Å². The van der Waals surface area contributed by atoms with E-state index in [1.165, 1.54) is 0 Å². The lowest BCUT2D eigenvalue weighted by molar-refractivity contribution is -0.129. The largest absolute Gasteiger partial charge is 0.377 e. The summed E-state index contributed by atoms with van der Waals surface area (Å²) in [6.45, 7) is 3.42. The summed E-state index contributed by atoms with van der Waals surface area (Å²) in [5, 5.41) is 2.74. The van der Waals surface area contributed by atoms with Gasteiger partial charge in [0.1, 0.15) is 0 Å². The smallest absolute Gasteiger partial charge is 0.234 e. The Bertz CT molecular complexity index is 456. The average molecular weight is 312 g/mol. The predicted molar refractivity (Wildman–Crippen MR) is 78.4 cm³/mol. The Morgan fingerprint density at radius 3 is 2.68 bits per heavy atom.